The predicted octanol–water partition coefficient (Wildman–Crippen LogP) is 2.64. The Morgan fingerprint density at radius 3 is 2.46 bits per heavy atom. The van der Waals surface area contributed by atoms with Crippen molar-refractivity contribution in [1.29, 1.82) is 0 Å². The number of benzene rings is 1. The van der Waals surface area contributed by atoms with Crippen LogP contribution in [-0.2, 0) is 9.59 Å². The van der Waals surface area contributed by atoms with Gasteiger partial charge in [0.2, 0.25) is 5.91 Å². The Kier molecular flexibility index (Phi) is 7.29. The highest BCUT2D eigenvalue weighted by molar-refractivity contribution is 6.30. The Labute approximate surface area is 171 Å². The van der Waals surface area contributed by atoms with Crippen molar-refractivity contribution in [3.63, 3.8) is 0 Å². The molecule has 1 aliphatic rings. The number of nitrogens with zero attached hydrogens (tertiary/aromatic N) is 2. The van der Waals surface area contributed by atoms with Crippen molar-refractivity contribution in [3.8, 4) is 0 Å². The summed E-state index contributed by atoms with van der Waals surface area (Å²) < 4.78 is 0. The third-order valence-corrected chi connectivity index (χ3v) is 5.38. The van der Waals surface area contributed by atoms with Crippen LogP contribution < -0.4 is 15.5 Å². The first kappa shape index (κ1) is 22.0. The molecule has 0 aromatic heterocycles. The SMILES string of the molecule is CCN(CCN(CC)c1cccc(Cl)c1)C(=O)C(C)CC1(C)NC(=O)NC1=O. The molecule has 2 N–H and O–H groups in total. The van der Waals surface area contributed by atoms with Gasteiger partial charge in [0.25, 0.3) is 5.91 Å². The van der Waals surface area contributed by atoms with E-state index in [0.29, 0.717) is 24.7 Å². The summed E-state index contributed by atoms with van der Waals surface area (Å²) >= 11 is 6.09. The van der Waals surface area contributed by atoms with Crippen LogP contribution in [-0.4, -0.2) is 54.5 Å². The monoisotopic (exact) mass is 408 g/mol. The van der Waals surface area contributed by atoms with E-state index in [4.69, 9.17) is 11.6 Å². The van der Waals surface area contributed by atoms with E-state index in [1.807, 2.05) is 31.2 Å². The first-order valence-electron chi connectivity index (χ1n) is 9.63. The number of rotatable bonds is 9. The summed E-state index contributed by atoms with van der Waals surface area (Å²) in [6.07, 6.45) is 0.256. The summed E-state index contributed by atoms with van der Waals surface area (Å²) in [5.41, 5.74) is -0.0358. The first-order valence-corrected chi connectivity index (χ1v) is 10.0. The largest absolute Gasteiger partial charge is 0.370 e. The highest BCUT2D eigenvalue weighted by Gasteiger charge is 2.44. The topological polar surface area (TPSA) is 81.8 Å². The molecule has 154 valence electrons. The summed E-state index contributed by atoms with van der Waals surface area (Å²) in [6, 6.07) is 7.14. The van der Waals surface area contributed by atoms with Crippen molar-refractivity contribution in [1.82, 2.24) is 15.5 Å². The van der Waals surface area contributed by atoms with E-state index in [1.165, 1.54) is 0 Å². The van der Waals surface area contributed by atoms with Gasteiger partial charge in [0.05, 0.1) is 0 Å². The minimum atomic E-state index is -1.05. The number of likely N-dealkylation sites (N-methyl/N-ethyl adjacent to an activating group) is 2. The maximum Gasteiger partial charge on any atom is 0.322 e. The fourth-order valence-electron chi connectivity index (χ4n) is 3.54. The molecule has 0 spiro atoms. The Morgan fingerprint density at radius 2 is 1.93 bits per heavy atom. The highest BCUT2D eigenvalue weighted by atomic mass is 35.5. The maximum atomic E-state index is 12.9. The van der Waals surface area contributed by atoms with Crippen LogP contribution >= 0.6 is 11.6 Å². The summed E-state index contributed by atoms with van der Waals surface area (Å²) in [4.78, 5) is 40.3. The van der Waals surface area contributed by atoms with Gasteiger partial charge in [0.1, 0.15) is 5.54 Å². The molecular weight excluding hydrogens is 380 g/mol. The van der Waals surface area contributed by atoms with E-state index in [-0.39, 0.29) is 12.3 Å². The predicted molar refractivity (Wildman–Crippen MR) is 110 cm³/mol. The summed E-state index contributed by atoms with van der Waals surface area (Å²) in [5.74, 6) is -0.812. The Balaban J connectivity index is 1.98. The lowest BCUT2D eigenvalue weighted by Crippen LogP contribution is -2.48. The third kappa shape index (κ3) is 5.16. The van der Waals surface area contributed by atoms with Gasteiger partial charge in [0, 0.05) is 42.8 Å². The molecule has 2 rings (SSSR count). The zero-order valence-electron chi connectivity index (χ0n) is 16.9. The molecule has 1 saturated heterocycles. The maximum absolute atomic E-state index is 12.9. The van der Waals surface area contributed by atoms with E-state index in [1.54, 1.807) is 18.7 Å². The first-order chi connectivity index (χ1) is 13.2. The van der Waals surface area contributed by atoms with Crippen molar-refractivity contribution in [3.05, 3.63) is 29.3 Å². The van der Waals surface area contributed by atoms with Gasteiger partial charge in [-0.15, -0.1) is 0 Å². The number of carbonyl (C=O) groups is 3. The van der Waals surface area contributed by atoms with Crippen LogP contribution in [0.5, 0.6) is 0 Å². The molecule has 0 bridgehead atoms. The van der Waals surface area contributed by atoms with Gasteiger partial charge in [0.15, 0.2) is 0 Å². The fourth-order valence-corrected chi connectivity index (χ4v) is 3.73. The molecule has 2 atom stereocenters. The normalized spacial score (nSPS) is 19.8. The lowest BCUT2D eigenvalue weighted by molar-refractivity contribution is -0.136. The van der Waals surface area contributed by atoms with Gasteiger partial charge < -0.3 is 15.1 Å². The lowest BCUT2D eigenvalue weighted by atomic mass is 9.89. The molecule has 1 aromatic carbocycles. The number of imide groups is 1. The van der Waals surface area contributed by atoms with Crippen LogP contribution in [0, 0.1) is 5.92 Å². The van der Waals surface area contributed by atoms with Gasteiger partial charge in [-0.1, -0.05) is 24.6 Å². The second-order valence-electron chi connectivity index (χ2n) is 7.32. The molecule has 1 aliphatic heterocycles. The van der Waals surface area contributed by atoms with Crippen LogP contribution in [0.3, 0.4) is 0 Å². The van der Waals surface area contributed by atoms with Crippen LogP contribution in [0.25, 0.3) is 0 Å². The minimum Gasteiger partial charge on any atom is -0.370 e. The second kappa shape index (κ2) is 9.28. The number of carbonyl (C=O) groups excluding carboxylic acids is 3. The molecule has 0 saturated carbocycles. The van der Waals surface area contributed by atoms with E-state index < -0.39 is 23.4 Å². The van der Waals surface area contributed by atoms with Crippen molar-refractivity contribution in [2.24, 2.45) is 5.92 Å². The van der Waals surface area contributed by atoms with Gasteiger partial charge in [-0.25, -0.2) is 4.79 Å². The van der Waals surface area contributed by atoms with Crippen molar-refractivity contribution >= 4 is 35.1 Å². The number of anilines is 1. The second-order valence-corrected chi connectivity index (χ2v) is 7.76. The molecular formula is C20H29ClN4O3. The van der Waals surface area contributed by atoms with Crippen LogP contribution in [0.1, 0.15) is 34.1 Å². The van der Waals surface area contributed by atoms with Gasteiger partial charge in [-0.3, -0.25) is 14.9 Å². The van der Waals surface area contributed by atoms with E-state index in [9.17, 15) is 14.4 Å². The molecule has 1 aromatic rings. The third-order valence-electron chi connectivity index (χ3n) is 5.14. The number of amides is 4. The van der Waals surface area contributed by atoms with Crippen LogP contribution in [0.2, 0.25) is 5.02 Å². The van der Waals surface area contributed by atoms with E-state index in [2.05, 4.69) is 22.5 Å². The number of hydrogen-bond donors (Lipinski definition) is 2. The number of nitrogens with one attached hydrogen (secondary N) is 2. The average molecular weight is 409 g/mol. The summed E-state index contributed by atoms with van der Waals surface area (Å²) in [6.45, 7) is 10.0. The van der Waals surface area contributed by atoms with Gasteiger partial charge in [-0.2, -0.15) is 0 Å². The molecule has 1 heterocycles. The summed E-state index contributed by atoms with van der Waals surface area (Å²) in [5, 5.41) is 5.53. The van der Waals surface area contributed by atoms with Crippen molar-refractivity contribution in [2.75, 3.05) is 31.1 Å². The minimum absolute atomic E-state index is 0.0279. The number of urea groups is 1. The van der Waals surface area contributed by atoms with Gasteiger partial charge >= 0.3 is 6.03 Å². The van der Waals surface area contributed by atoms with Crippen LogP contribution in [0.15, 0.2) is 24.3 Å². The molecule has 4 amide bonds. The average Bonchev–Trinajstić information content (AvgIpc) is 2.89. The molecule has 28 heavy (non-hydrogen) atoms. The molecule has 8 heteroatoms. The zero-order chi connectivity index (χ0) is 20.9. The molecule has 7 nitrogen and oxygen atoms in total. The highest BCUT2D eigenvalue weighted by Crippen LogP contribution is 2.23. The van der Waals surface area contributed by atoms with Crippen molar-refractivity contribution < 1.29 is 14.4 Å². The van der Waals surface area contributed by atoms with E-state index in [0.717, 1.165) is 12.2 Å². The zero-order valence-corrected chi connectivity index (χ0v) is 17.7. The number of halogens is 1. The Bertz CT molecular complexity index is 742. The number of hydrogen-bond acceptors (Lipinski definition) is 4. The standard InChI is InChI=1S/C20H29ClN4O3/c1-5-24(16-9-7-8-15(21)12-16)10-11-25(6-2)17(26)14(3)13-20(4)18(27)22-19(28)23-20/h7-9,12,14H,5-6,10-11,13H2,1-4H3,(H2,22,23,27,28). The molecule has 0 radical (unpaired) electrons. The summed E-state index contributed by atoms with van der Waals surface area (Å²) in [7, 11) is 0. The van der Waals surface area contributed by atoms with E-state index >= 15 is 0 Å². The van der Waals surface area contributed by atoms with Gasteiger partial charge in [-0.05, 0) is 45.4 Å². The van der Waals surface area contributed by atoms with Crippen LogP contribution in [0.4, 0.5) is 10.5 Å². The van der Waals surface area contributed by atoms with Crippen molar-refractivity contribution in [2.45, 2.75) is 39.7 Å². The quantitative estimate of drug-likeness (QED) is 0.615. The molecule has 2 unspecified atom stereocenters. The molecule has 1 fully saturated rings. The molecule has 0 aliphatic carbocycles. The smallest absolute Gasteiger partial charge is 0.322 e. The Hall–Kier alpha value is -2.28. The Morgan fingerprint density at radius 1 is 1.21 bits per heavy atom. The fraction of sp³-hybridized carbons (Fsp3) is 0.550. The lowest BCUT2D eigenvalue weighted by Gasteiger charge is -2.31.